The van der Waals surface area contributed by atoms with E-state index in [4.69, 9.17) is 5.73 Å². The molecule has 0 unspecified atom stereocenters. The molecule has 0 radical (unpaired) electrons. The molecule has 0 aliphatic heterocycles. The molecule has 0 aliphatic carbocycles. The van der Waals surface area contributed by atoms with Crippen LogP contribution in [0.15, 0.2) is 54.9 Å². The minimum atomic E-state index is 0.584. The second-order valence-corrected chi connectivity index (χ2v) is 4.76. The largest absolute Gasteiger partial charge is 0.326 e. The van der Waals surface area contributed by atoms with Gasteiger partial charge in [0, 0.05) is 24.3 Å². The Morgan fingerprint density at radius 1 is 1.05 bits per heavy atom. The summed E-state index contributed by atoms with van der Waals surface area (Å²) in [5.74, 6) is 0. The van der Waals surface area contributed by atoms with Crippen molar-refractivity contribution < 1.29 is 0 Å². The van der Waals surface area contributed by atoms with E-state index in [1.54, 1.807) is 0 Å². The average molecular weight is 248 g/mol. The quantitative estimate of drug-likeness (QED) is 0.751. The monoisotopic (exact) mass is 248 g/mol. The lowest BCUT2D eigenvalue weighted by atomic mass is 9.95. The van der Waals surface area contributed by atoms with Crippen LogP contribution in [0.4, 0.5) is 0 Å². The molecule has 0 saturated carbocycles. The number of aryl methyl sites for hydroxylation is 1. The molecule has 2 nitrogen and oxygen atoms in total. The summed E-state index contributed by atoms with van der Waals surface area (Å²) in [6, 6.07) is 14.8. The first kappa shape index (κ1) is 11.9. The lowest BCUT2D eigenvalue weighted by Gasteiger charge is -2.10. The number of hydrogen-bond acceptors (Lipinski definition) is 2. The topological polar surface area (TPSA) is 38.9 Å². The molecule has 2 heteroatoms. The van der Waals surface area contributed by atoms with Gasteiger partial charge in [0.05, 0.1) is 0 Å². The Morgan fingerprint density at radius 3 is 2.74 bits per heavy atom. The van der Waals surface area contributed by atoms with Gasteiger partial charge in [0.25, 0.3) is 0 Å². The molecule has 2 aromatic carbocycles. The Balaban J connectivity index is 2.24. The lowest BCUT2D eigenvalue weighted by molar-refractivity contribution is 1.07. The first-order valence-electron chi connectivity index (χ1n) is 6.42. The molecule has 3 rings (SSSR count). The van der Waals surface area contributed by atoms with E-state index in [9.17, 15) is 0 Å². The molecule has 19 heavy (non-hydrogen) atoms. The van der Waals surface area contributed by atoms with Crippen LogP contribution < -0.4 is 5.73 Å². The first-order valence-corrected chi connectivity index (χ1v) is 6.42. The number of benzene rings is 2. The third-order valence-corrected chi connectivity index (χ3v) is 3.50. The Bertz CT molecular complexity index is 727. The van der Waals surface area contributed by atoms with Gasteiger partial charge in [-0.3, -0.25) is 4.98 Å². The van der Waals surface area contributed by atoms with E-state index in [0.717, 1.165) is 0 Å². The molecule has 0 saturated heterocycles. The molecule has 0 aliphatic rings. The predicted octanol–water partition coefficient (Wildman–Crippen LogP) is 3.67. The highest BCUT2D eigenvalue weighted by Gasteiger charge is 2.06. The summed E-state index contributed by atoms with van der Waals surface area (Å²) >= 11 is 0. The standard InChI is InChI=1S/C17H16N2/c1-12-9-13(10-18)5-6-15(12)17-4-2-3-14-11-19-8-7-16(14)17/h2-9,11H,10,18H2,1H3. The van der Waals surface area contributed by atoms with Crippen molar-refractivity contribution in [3.05, 3.63) is 66.0 Å². The molecule has 1 heterocycles. The van der Waals surface area contributed by atoms with Crippen LogP contribution in [-0.4, -0.2) is 4.98 Å². The fourth-order valence-electron chi connectivity index (χ4n) is 2.51. The fraction of sp³-hybridized carbons (Fsp3) is 0.118. The molecular formula is C17H16N2. The number of aromatic nitrogens is 1. The third-order valence-electron chi connectivity index (χ3n) is 3.50. The number of nitrogens with zero attached hydrogens (tertiary/aromatic N) is 1. The van der Waals surface area contributed by atoms with Crippen LogP contribution >= 0.6 is 0 Å². The van der Waals surface area contributed by atoms with Gasteiger partial charge in [0.2, 0.25) is 0 Å². The second-order valence-electron chi connectivity index (χ2n) is 4.76. The van der Waals surface area contributed by atoms with Gasteiger partial charge in [-0.15, -0.1) is 0 Å². The van der Waals surface area contributed by atoms with E-state index in [0.29, 0.717) is 6.54 Å². The van der Waals surface area contributed by atoms with Crippen molar-refractivity contribution in [2.75, 3.05) is 0 Å². The molecule has 3 aromatic rings. The van der Waals surface area contributed by atoms with Crippen LogP contribution in [-0.2, 0) is 6.54 Å². The minimum absolute atomic E-state index is 0.584. The summed E-state index contributed by atoms with van der Waals surface area (Å²) in [6.45, 7) is 2.72. The van der Waals surface area contributed by atoms with Crippen molar-refractivity contribution in [1.82, 2.24) is 4.98 Å². The summed E-state index contributed by atoms with van der Waals surface area (Å²) < 4.78 is 0. The van der Waals surface area contributed by atoms with E-state index in [1.165, 1.54) is 33.0 Å². The van der Waals surface area contributed by atoms with E-state index in [1.807, 2.05) is 12.4 Å². The summed E-state index contributed by atoms with van der Waals surface area (Å²) in [4.78, 5) is 4.18. The zero-order valence-corrected chi connectivity index (χ0v) is 10.9. The van der Waals surface area contributed by atoms with Crippen LogP contribution in [0.2, 0.25) is 0 Å². The SMILES string of the molecule is Cc1cc(CN)ccc1-c1cccc2cnccc12. The fourth-order valence-corrected chi connectivity index (χ4v) is 2.51. The zero-order valence-electron chi connectivity index (χ0n) is 10.9. The predicted molar refractivity (Wildman–Crippen MR) is 79.8 cm³/mol. The number of rotatable bonds is 2. The van der Waals surface area contributed by atoms with E-state index in [2.05, 4.69) is 54.4 Å². The van der Waals surface area contributed by atoms with Crippen LogP contribution in [0.25, 0.3) is 21.9 Å². The number of fused-ring (bicyclic) bond motifs is 1. The Kier molecular flexibility index (Phi) is 3.02. The summed E-state index contributed by atoms with van der Waals surface area (Å²) in [5, 5.41) is 2.41. The minimum Gasteiger partial charge on any atom is -0.326 e. The van der Waals surface area contributed by atoms with Crippen LogP contribution in [0.1, 0.15) is 11.1 Å². The molecule has 94 valence electrons. The first-order chi connectivity index (χ1) is 9.29. The highest BCUT2D eigenvalue weighted by atomic mass is 14.6. The smallest absolute Gasteiger partial charge is 0.0346 e. The van der Waals surface area contributed by atoms with Crippen LogP contribution in [0.5, 0.6) is 0 Å². The normalized spacial score (nSPS) is 10.8. The maximum absolute atomic E-state index is 5.69. The zero-order chi connectivity index (χ0) is 13.2. The number of nitrogens with two attached hydrogens (primary N) is 1. The van der Waals surface area contributed by atoms with Gasteiger partial charge >= 0.3 is 0 Å². The summed E-state index contributed by atoms with van der Waals surface area (Å²) in [7, 11) is 0. The Hall–Kier alpha value is -2.19. The van der Waals surface area contributed by atoms with Crippen molar-refractivity contribution in [3.63, 3.8) is 0 Å². The third kappa shape index (κ3) is 2.11. The summed E-state index contributed by atoms with van der Waals surface area (Å²) in [6.07, 6.45) is 3.75. The van der Waals surface area contributed by atoms with Gasteiger partial charge in [-0.2, -0.15) is 0 Å². The Labute approximate surface area is 112 Å². The molecule has 0 atom stereocenters. The molecule has 2 N–H and O–H groups in total. The highest BCUT2D eigenvalue weighted by molar-refractivity contribution is 5.96. The second kappa shape index (κ2) is 4.82. The van der Waals surface area contributed by atoms with E-state index >= 15 is 0 Å². The van der Waals surface area contributed by atoms with Crippen LogP contribution in [0.3, 0.4) is 0 Å². The van der Waals surface area contributed by atoms with E-state index in [-0.39, 0.29) is 0 Å². The molecule has 0 amide bonds. The van der Waals surface area contributed by atoms with Crippen LogP contribution in [0, 0.1) is 6.92 Å². The number of pyridine rings is 1. The summed E-state index contributed by atoms with van der Waals surface area (Å²) in [5.41, 5.74) is 10.6. The van der Waals surface area contributed by atoms with Gasteiger partial charge in [0.15, 0.2) is 0 Å². The van der Waals surface area contributed by atoms with Gasteiger partial charge < -0.3 is 5.73 Å². The van der Waals surface area contributed by atoms with Gasteiger partial charge in [-0.25, -0.2) is 0 Å². The van der Waals surface area contributed by atoms with Crippen molar-refractivity contribution >= 4 is 10.8 Å². The van der Waals surface area contributed by atoms with Crippen molar-refractivity contribution in [1.29, 1.82) is 0 Å². The van der Waals surface area contributed by atoms with Gasteiger partial charge in [0.1, 0.15) is 0 Å². The van der Waals surface area contributed by atoms with Crippen molar-refractivity contribution in [2.24, 2.45) is 5.73 Å². The van der Waals surface area contributed by atoms with Crippen molar-refractivity contribution in [2.45, 2.75) is 13.5 Å². The maximum atomic E-state index is 5.69. The highest BCUT2D eigenvalue weighted by Crippen LogP contribution is 2.30. The molecule has 0 fully saturated rings. The molecular weight excluding hydrogens is 232 g/mol. The van der Waals surface area contributed by atoms with Gasteiger partial charge in [-0.05, 0) is 40.6 Å². The number of hydrogen-bond donors (Lipinski definition) is 1. The molecule has 0 bridgehead atoms. The molecule has 1 aromatic heterocycles. The average Bonchev–Trinajstić information content (AvgIpc) is 2.46. The maximum Gasteiger partial charge on any atom is 0.0346 e. The lowest BCUT2D eigenvalue weighted by Crippen LogP contribution is -1.97. The Morgan fingerprint density at radius 2 is 1.95 bits per heavy atom. The van der Waals surface area contributed by atoms with Gasteiger partial charge in [-0.1, -0.05) is 36.4 Å². The molecule has 0 spiro atoms. The van der Waals surface area contributed by atoms with E-state index < -0.39 is 0 Å². The van der Waals surface area contributed by atoms with Crippen molar-refractivity contribution in [3.8, 4) is 11.1 Å².